The van der Waals surface area contributed by atoms with Crippen LogP contribution in [0.4, 0.5) is 4.79 Å². The topological polar surface area (TPSA) is 49.9 Å². The van der Waals surface area contributed by atoms with E-state index in [1.807, 2.05) is 6.92 Å². The van der Waals surface area contributed by atoms with Crippen molar-refractivity contribution in [2.45, 2.75) is 45.1 Å². The Hall–Kier alpha value is -1.10. The highest BCUT2D eigenvalue weighted by atomic mass is 16.6. The summed E-state index contributed by atoms with van der Waals surface area (Å²) in [7, 11) is 2.13. The van der Waals surface area contributed by atoms with Gasteiger partial charge in [0.05, 0.1) is 6.04 Å². The standard InChI is InChI=1S/C14H24N2O3/c1-3-12-10-19-14(18)16(12)13(17)5-4-11-6-8-15(2)9-7-11/h11-12H,3-10H2,1-2H3/t12-/m0/s1. The molecule has 2 heterocycles. The van der Waals surface area contributed by atoms with Gasteiger partial charge in [0.25, 0.3) is 0 Å². The highest BCUT2D eigenvalue weighted by molar-refractivity contribution is 5.93. The molecule has 0 bridgehead atoms. The van der Waals surface area contributed by atoms with E-state index >= 15 is 0 Å². The molecule has 2 saturated heterocycles. The molecule has 5 heteroatoms. The van der Waals surface area contributed by atoms with Gasteiger partial charge in [-0.05, 0) is 51.7 Å². The summed E-state index contributed by atoms with van der Waals surface area (Å²) in [5.74, 6) is 0.562. The summed E-state index contributed by atoms with van der Waals surface area (Å²) in [4.78, 5) is 27.4. The van der Waals surface area contributed by atoms with Gasteiger partial charge in [0.15, 0.2) is 0 Å². The number of likely N-dealkylation sites (tertiary alicyclic amines) is 1. The van der Waals surface area contributed by atoms with Gasteiger partial charge in [-0.25, -0.2) is 9.69 Å². The number of hydrogen-bond donors (Lipinski definition) is 0. The average molecular weight is 268 g/mol. The molecular formula is C14H24N2O3. The third kappa shape index (κ3) is 3.47. The number of cyclic esters (lactones) is 1. The van der Waals surface area contributed by atoms with Crippen LogP contribution in [0.5, 0.6) is 0 Å². The summed E-state index contributed by atoms with van der Waals surface area (Å²) in [5.41, 5.74) is 0. The van der Waals surface area contributed by atoms with E-state index in [0.717, 1.165) is 38.8 Å². The molecule has 2 aliphatic rings. The number of piperidine rings is 1. The van der Waals surface area contributed by atoms with E-state index in [9.17, 15) is 9.59 Å². The first-order chi connectivity index (χ1) is 9.11. The molecule has 19 heavy (non-hydrogen) atoms. The van der Waals surface area contributed by atoms with Crippen LogP contribution in [-0.4, -0.2) is 54.6 Å². The molecule has 0 aliphatic carbocycles. The molecule has 0 spiro atoms. The molecule has 2 aliphatic heterocycles. The fourth-order valence-corrected chi connectivity index (χ4v) is 2.87. The summed E-state index contributed by atoms with van der Waals surface area (Å²) in [6.45, 7) is 4.56. The van der Waals surface area contributed by atoms with Crippen molar-refractivity contribution < 1.29 is 14.3 Å². The van der Waals surface area contributed by atoms with Crippen molar-refractivity contribution in [2.75, 3.05) is 26.7 Å². The number of carbonyl (C=O) groups is 2. The quantitative estimate of drug-likeness (QED) is 0.781. The normalized spacial score (nSPS) is 25.7. The van der Waals surface area contributed by atoms with Crippen LogP contribution in [0.2, 0.25) is 0 Å². The van der Waals surface area contributed by atoms with Crippen LogP contribution < -0.4 is 0 Å². The maximum Gasteiger partial charge on any atom is 0.416 e. The molecule has 0 radical (unpaired) electrons. The molecule has 0 unspecified atom stereocenters. The van der Waals surface area contributed by atoms with Gasteiger partial charge in [-0.2, -0.15) is 0 Å². The molecule has 0 aromatic heterocycles. The number of ether oxygens (including phenoxy) is 1. The Balaban J connectivity index is 1.79. The lowest BCUT2D eigenvalue weighted by Gasteiger charge is -2.29. The molecule has 108 valence electrons. The van der Waals surface area contributed by atoms with Crippen molar-refractivity contribution in [1.82, 2.24) is 9.80 Å². The maximum absolute atomic E-state index is 12.1. The van der Waals surface area contributed by atoms with Gasteiger partial charge < -0.3 is 9.64 Å². The van der Waals surface area contributed by atoms with Gasteiger partial charge >= 0.3 is 6.09 Å². The summed E-state index contributed by atoms with van der Waals surface area (Å²) in [5, 5.41) is 0. The molecule has 2 rings (SSSR count). The SMILES string of the molecule is CC[C@H]1COC(=O)N1C(=O)CCC1CCN(C)CC1. The summed E-state index contributed by atoms with van der Waals surface area (Å²) < 4.78 is 4.96. The van der Waals surface area contributed by atoms with E-state index in [4.69, 9.17) is 4.74 Å². The smallest absolute Gasteiger partial charge is 0.416 e. The van der Waals surface area contributed by atoms with Gasteiger partial charge in [-0.3, -0.25) is 4.79 Å². The predicted octanol–water partition coefficient (Wildman–Crippen LogP) is 1.87. The Kier molecular flexibility index (Phi) is 4.80. The lowest BCUT2D eigenvalue weighted by Crippen LogP contribution is -2.39. The van der Waals surface area contributed by atoms with Crippen LogP contribution in [0, 0.1) is 5.92 Å². The van der Waals surface area contributed by atoms with E-state index in [0.29, 0.717) is 18.9 Å². The third-order valence-electron chi connectivity index (χ3n) is 4.31. The van der Waals surface area contributed by atoms with E-state index in [1.165, 1.54) is 4.90 Å². The monoisotopic (exact) mass is 268 g/mol. The molecule has 2 fully saturated rings. The highest BCUT2D eigenvalue weighted by Gasteiger charge is 2.36. The number of rotatable bonds is 4. The third-order valence-corrected chi connectivity index (χ3v) is 4.31. The zero-order valence-corrected chi connectivity index (χ0v) is 11.9. The fourth-order valence-electron chi connectivity index (χ4n) is 2.87. The maximum atomic E-state index is 12.1. The largest absolute Gasteiger partial charge is 0.447 e. The number of carbonyl (C=O) groups excluding carboxylic acids is 2. The van der Waals surface area contributed by atoms with Crippen molar-refractivity contribution in [2.24, 2.45) is 5.92 Å². The van der Waals surface area contributed by atoms with E-state index in [2.05, 4.69) is 11.9 Å². The van der Waals surface area contributed by atoms with Crippen molar-refractivity contribution in [3.8, 4) is 0 Å². The van der Waals surface area contributed by atoms with Gasteiger partial charge in [0.1, 0.15) is 6.61 Å². The van der Waals surface area contributed by atoms with E-state index < -0.39 is 6.09 Å². The van der Waals surface area contributed by atoms with Gasteiger partial charge in [0.2, 0.25) is 5.91 Å². The summed E-state index contributed by atoms with van der Waals surface area (Å²) in [6.07, 6.45) is 4.00. The van der Waals surface area contributed by atoms with Crippen LogP contribution in [0.1, 0.15) is 39.0 Å². The Morgan fingerprint density at radius 3 is 2.68 bits per heavy atom. The van der Waals surface area contributed by atoms with Crippen molar-refractivity contribution in [3.05, 3.63) is 0 Å². The molecule has 1 atom stereocenters. The Bertz CT molecular complexity index is 338. The molecule has 0 aromatic rings. The van der Waals surface area contributed by atoms with E-state index in [1.54, 1.807) is 0 Å². The second kappa shape index (κ2) is 6.37. The second-order valence-corrected chi connectivity index (χ2v) is 5.69. The Morgan fingerprint density at radius 2 is 2.05 bits per heavy atom. The fraction of sp³-hybridized carbons (Fsp3) is 0.857. The van der Waals surface area contributed by atoms with Crippen molar-refractivity contribution in [3.63, 3.8) is 0 Å². The predicted molar refractivity (Wildman–Crippen MR) is 71.7 cm³/mol. The molecule has 0 aromatic carbocycles. The first kappa shape index (κ1) is 14.3. The van der Waals surface area contributed by atoms with E-state index in [-0.39, 0.29) is 11.9 Å². The number of amides is 2. The molecule has 0 saturated carbocycles. The van der Waals surface area contributed by atoms with Crippen LogP contribution in [0.25, 0.3) is 0 Å². The number of nitrogens with zero attached hydrogens (tertiary/aromatic N) is 2. The molecule has 0 N–H and O–H groups in total. The summed E-state index contributed by atoms with van der Waals surface area (Å²) in [6, 6.07) is -0.0579. The zero-order valence-electron chi connectivity index (χ0n) is 11.9. The first-order valence-electron chi connectivity index (χ1n) is 7.29. The first-order valence-corrected chi connectivity index (χ1v) is 7.29. The van der Waals surface area contributed by atoms with Gasteiger partial charge in [0, 0.05) is 6.42 Å². The highest BCUT2D eigenvalue weighted by Crippen LogP contribution is 2.23. The zero-order chi connectivity index (χ0) is 13.8. The van der Waals surface area contributed by atoms with Crippen molar-refractivity contribution in [1.29, 1.82) is 0 Å². The minimum atomic E-state index is -0.458. The lowest BCUT2D eigenvalue weighted by atomic mass is 9.92. The minimum Gasteiger partial charge on any atom is -0.447 e. The summed E-state index contributed by atoms with van der Waals surface area (Å²) >= 11 is 0. The number of imide groups is 1. The van der Waals surface area contributed by atoms with Crippen LogP contribution >= 0.6 is 0 Å². The molecule has 5 nitrogen and oxygen atoms in total. The average Bonchev–Trinajstić information content (AvgIpc) is 2.79. The number of hydrogen-bond acceptors (Lipinski definition) is 4. The van der Waals surface area contributed by atoms with Crippen molar-refractivity contribution >= 4 is 12.0 Å². The van der Waals surface area contributed by atoms with Crippen LogP contribution in [-0.2, 0) is 9.53 Å². The van der Waals surface area contributed by atoms with Crippen LogP contribution in [0.3, 0.4) is 0 Å². The Morgan fingerprint density at radius 1 is 1.37 bits per heavy atom. The minimum absolute atomic E-state index is 0.0579. The lowest BCUT2D eigenvalue weighted by molar-refractivity contribution is -0.129. The molecule has 2 amide bonds. The molecular weight excluding hydrogens is 244 g/mol. The van der Waals surface area contributed by atoms with Crippen LogP contribution in [0.15, 0.2) is 0 Å². The second-order valence-electron chi connectivity index (χ2n) is 5.69. The van der Waals surface area contributed by atoms with Gasteiger partial charge in [-0.1, -0.05) is 6.92 Å². The Labute approximate surface area is 114 Å². The van der Waals surface area contributed by atoms with Gasteiger partial charge in [-0.15, -0.1) is 0 Å².